The Morgan fingerprint density at radius 3 is 2.72 bits per heavy atom. The molecule has 0 spiro atoms. The van der Waals surface area contributed by atoms with Crippen LogP contribution in [0, 0.1) is 6.92 Å². The van der Waals surface area contributed by atoms with Gasteiger partial charge in [-0.05, 0) is 36.6 Å². The van der Waals surface area contributed by atoms with Crippen LogP contribution in [0.4, 0.5) is 0 Å². The van der Waals surface area contributed by atoms with Crippen molar-refractivity contribution in [1.82, 2.24) is 14.3 Å². The van der Waals surface area contributed by atoms with Crippen molar-refractivity contribution >= 4 is 44.3 Å². The molecule has 1 N–H and O–H groups in total. The van der Waals surface area contributed by atoms with Crippen LogP contribution in [0.2, 0.25) is 5.02 Å². The Kier molecular flexibility index (Phi) is 5.63. The van der Waals surface area contributed by atoms with Gasteiger partial charge in [0.25, 0.3) is 0 Å². The molecule has 9 heteroatoms. The maximum atomic E-state index is 12.9. The standard InChI is InChI=1S/C20H18ClN3O2S3/c1-13-19(29(25,26)22-11-16-7-4-8-27-16)10-18(24(13)2)20-23-17(12-28-20)14-5-3-6-15(21)9-14/h3-10,12,22H,11H2,1-2H3. The van der Waals surface area contributed by atoms with Crippen LogP contribution >= 0.6 is 34.3 Å². The Balaban J connectivity index is 1.65. The van der Waals surface area contributed by atoms with Crippen molar-refractivity contribution in [3.63, 3.8) is 0 Å². The molecule has 5 nitrogen and oxygen atoms in total. The quantitative estimate of drug-likeness (QED) is 0.421. The van der Waals surface area contributed by atoms with Gasteiger partial charge in [-0.2, -0.15) is 0 Å². The summed E-state index contributed by atoms with van der Waals surface area (Å²) in [6, 6.07) is 13.0. The Morgan fingerprint density at radius 2 is 2.00 bits per heavy atom. The minimum absolute atomic E-state index is 0.270. The Labute approximate surface area is 182 Å². The largest absolute Gasteiger partial charge is 0.345 e. The first-order valence-electron chi connectivity index (χ1n) is 8.75. The van der Waals surface area contributed by atoms with E-state index in [-0.39, 0.29) is 11.4 Å². The van der Waals surface area contributed by atoms with Gasteiger partial charge in [-0.25, -0.2) is 18.1 Å². The lowest BCUT2D eigenvalue weighted by Crippen LogP contribution is -2.23. The van der Waals surface area contributed by atoms with Crippen LogP contribution in [0.25, 0.3) is 22.0 Å². The summed E-state index contributed by atoms with van der Waals surface area (Å²) in [5.41, 5.74) is 3.17. The predicted octanol–water partition coefficient (Wildman–Crippen LogP) is 5.32. The molecule has 4 rings (SSSR count). The second-order valence-corrected chi connectivity index (χ2v) is 10.6. The van der Waals surface area contributed by atoms with E-state index in [0.29, 0.717) is 10.7 Å². The van der Waals surface area contributed by atoms with E-state index >= 15 is 0 Å². The summed E-state index contributed by atoms with van der Waals surface area (Å²) < 4.78 is 30.3. The van der Waals surface area contributed by atoms with E-state index in [0.717, 1.165) is 26.8 Å². The lowest BCUT2D eigenvalue weighted by molar-refractivity contribution is 0.580. The van der Waals surface area contributed by atoms with Crippen LogP contribution in [-0.4, -0.2) is 18.0 Å². The summed E-state index contributed by atoms with van der Waals surface area (Å²) in [4.78, 5) is 5.94. The molecular formula is C20H18ClN3O2S3. The second-order valence-electron chi connectivity index (χ2n) is 6.49. The minimum Gasteiger partial charge on any atom is -0.345 e. The fourth-order valence-corrected chi connectivity index (χ4v) is 6.08. The van der Waals surface area contributed by atoms with Gasteiger partial charge < -0.3 is 4.57 Å². The zero-order chi connectivity index (χ0) is 20.6. The third-order valence-corrected chi connectivity index (χ3v) is 8.13. The number of hydrogen-bond acceptors (Lipinski definition) is 5. The van der Waals surface area contributed by atoms with Gasteiger partial charge in [0.05, 0.1) is 11.4 Å². The van der Waals surface area contributed by atoms with Crippen molar-refractivity contribution in [2.75, 3.05) is 0 Å². The lowest BCUT2D eigenvalue weighted by atomic mass is 10.2. The summed E-state index contributed by atoms with van der Waals surface area (Å²) in [5.74, 6) is 0. The SMILES string of the molecule is Cc1c(S(=O)(=O)NCc2cccs2)cc(-c2nc(-c3cccc(Cl)c3)cs2)n1C. The zero-order valence-electron chi connectivity index (χ0n) is 15.7. The van der Waals surface area contributed by atoms with Gasteiger partial charge in [0, 0.05) is 40.1 Å². The number of benzene rings is 1. The fourth-order valence-electron chi connectivity index (χ4n) is 2.98. The highest BCUT2D eigenvalue weighted by atomic mass is 35.5. The molecule has 0 saturated carbocycles. The van der Waals surface area contributed by atoms with E-state index in [9.17, 15) is 8.42 Å². The van der Waals surface area contributed by atoms with Crippen molar-refractivity contribution in [2.45, 2.75) is 18.4 Å². The number of sulfonamides is 1. The number of hydrogen-bond donors (Lipinski definition) is 1. The van der Waals surface area contributed by atoms with E-state index in [1.54, 1.807) is 13.0 Å². The molecule has 0 saturated heterocycles. The summed E-state index contributed by atoms with van der Waals surface area (Å²) in [6.45, 7) is 2.08. The van der Waals surface area contributed by atoms with Gasteiger partial charge >= 0.3 is 0 Å². The maximum absolute atomic E-state index is 12.9. The topological polar surface area (TPSA) is 64.0 Å². The van der Waals surface area contributed by atoms with Crippen LogP contribution in [0.15, 0.2) is 58.1 Å². The molecule has 3 heterocycles. The first kappa shape index (κ1) is 20.3. The molecular weight excluding hydrogens is 446 g/mol. The number of rotatable bonds is 6. The van der Waals surface area contributed by atoms with Crippen molar-refractivity contribution in [3.05, 3.63) is 68.8 Å². The number of aromatic nitrogens is 2. The molecule has 150 valence electrons. The average Bonchev–Trinajstić information content (AvgIpc) is 3.42. The number of thiazole rings is 1. The van der Waals surface area contributed by atoms with Gasteiger partial charge in [-0.3, -0.25) is 0 Å². The molecule has 0 unspecified atom stereocenters. The predicted molar refractivity (Wildman–Crippen MR) is 120 cm³/mol. The zero-order valence-corrected chi connectivity index (χ0v) is 18.9. The van der Waals surface area contributed by atoms with Crippen molar-refractivity contribution in [1.29, 1.82) is 0 Å². The highest BCUT2D eigenvalue weighted by Gasteiger charge is 2.23. The first-order chi connectivity index (χ1) is 13.8. The van der Waals surface area contributed by atoms with E-state index in [1.165, 1.54) is 22.7 Å². The second kappa shape index (κ2) is 8.04. The van der Waals surface area contributed by atoms with Crippen LogP contribution in [0.3, 0.4) is 0 Å². The molecule has 0 atom stereocenters. The Morgan fingerprint density at radius 1 is 1.17 bits per heavy atom. The molecule has 3 aromatic heterocycles. The van der Waals surface area contributed by atoms with Crippen molar-refractivity contribution in [2.24, 2.45) is 7.05 Å². The monoisotopic (exact) mass is 463 g/mol. The van der Waals surface area contributed by atoms with Gasteiger partial charge in [0.2, 0.25) is 10.0 Å². The van der Waals surface area contributed by atoms with E-state index < -0.39 is 10.0 Å². The first-order valence-corrected chi connectivity index (χ1v) is 12.4. The van der Waals surface area contributed by atoms with Crippen LogP contribution < -0.4 is 4.72 Å². The van der Waals surface area contributed by atoms with Gasteiger partial charge in [-0.1, -0.05) is 29.8 Å². The summed E-state index contributed by atoms with van der Waals surface area (Å²) >= 11 is 9.08. The van der Waals surface area contributed by atoms with E-state index in [4.69, 9.17) is 16.6 Å². The van der Waals surface area contributed by atoms with Gasteiger partial charge in [0.1, 0.15) is 9.90 Å². The van der Waals surface area contributed by atoms with E-state index in [1.807, 2.05) is 58.8 Å². The van der Waals surface area contributed by atoms with Crippen molar-refractivity contribution in [3.8, 4) is 22.0 Å². The molecule has 0 amide bonds. The van der Waals surface area contributed by atoms with E-state index in [2.05, 4.69) is 4.72 Å². The molecule has 0 fully saturated rings. The molecule has 0 radical (unpaired) electrons. The lowest BCUT2D eigenvalue weighted by Gasteiger charge is -2.06. The molecule has 0 bridgehead atoms. The van der Waals surface area contributed by atoms with Gasteiger partial charge in [-0.15, -0.1) is 22.7 Å². The van der Waals surface area contributed by atoms with Crippen LogP contribution in [0.5, 0.6) is 0 Å². The average molecular weight is 464 g/mol. The Hall–Kier alpha value is -1.97. The molecule has 0 aliphatic carbocycles. The molecule has 0 aliphatic heterocycles. The highest BCUT2D eigenvalue weighted by molar-refractivity contribution is 7.89. The summed E-state index contributed by atoms with van der Waals surface area (Å²) in [5, 5.41) is 5.28. The Bertz CT molecular complexity index is 1260. The van der Waals surface area contributed by atoms with Crippen molar-refractivity contribution < 1.29 is 8.42 Å². The third-order valence-electron chi connectivity index (χ3n) is 4.64. The molecule has 0 aliphatic rings. The molecule has 29 heavy (non-hydrogen) atoms. The number of nitrogens with one attached hydrogen (secondary N) is 1. The number of halogens is 1. The van der Waals surface area contributed by atoms with Crippen LogP contribution in [-0.2, 0) is 23.6 Å². The van der Waals surface area contributed by atoms with Gasteiger partial charge in [0.15, 0.2) is 0 Å². The highest BCUT2D eigenvalue weighted by Crippen LogP contribution is 2.33. The summed E-state index contributed by atoms with van der Waals surface area (Å²) in [7, 11) is -1.78. The fraction of sp³-hybridized carbons (Fsp3) is 0.150. The summed E-state index contributed by atoms with van der Waals surface area (Å²) in [6.07, 6.45) is 0. The van der Waals surface area contributed by atoms with Crippen LogP contribution in [0.1, 0.15) is 10.6 Å². The minimum atomic E-state index is -3.63. The number of thiophene rings is 1. The third kappa shape index (κ3) is 4.17. The maximum Gasteiger partial charge on any atom is 0.242 e. The number of nitrogens with zero attached hydrogens (tertiary/aromatic N) is 2. The molecule has 1 aromatic carbocycles. The molecule has 4 aromatic rings. The normalized spacial score (nSPS) is 11.8. The smallest absolute Gasteiger partial charge is 0.242 e.